The second-order valence-corrected chi connectivity index (χ2v) is 6.81. The van der Waals surface area contributed by atoms with Crippen molar-refractivity contribution in [3.05, 3.63) is 11.9 Å². The second-order valence-electron chi connectivity index (χ2n) is 4.97. The van der Waals surface area contributed by atoms with E-state index in [1.807, 2.05) is 4.72 Å². The Morgan fingerprint density at radius 1 is 1.47 bits per heavy atom. The molecule has 1 aromatic rings. The van der Waals surface area contributed by atoms with E-state index in [1.54, 1.807) is 7.05 Å². The van der Waals surface area contributed by atoms with Crippen LogP contribution in [0.15, 0.2) is 6.20 Å². The van der Waals surface area contributed by atoms with Gasteiger partial charge in [0, 0.05) is 7.05 Å². The number of nitrogens with zero attached hydrogens (tertiary/aromatic N) is 3. The number of hydrogen-bond acceptors (Lipinski definition) is 5. The smallest absolute Gasteiger partial charge is 0.266 e. The highest BCUT2D eigenvalue weighted by molar-refractivity contribution is 7.90. The van der Waals surface area contributed by atoms with Crippen LogP contribution in [0.25, 0.3) is 0 Å². The second kappa shape index (κ2) is 5.68. The third-order valence-corrected chi connectivity index (χ3v) is 4.62. The summed E-state index contributed by atoms with van der Waals surface area (Å²) in [5.74, 6) is -0.258. The van der Waals surface area contributed by atoms with Gasteiger partial charge < -0.3 is 0 Å². The number of hydrogen-bond donors (Lipinski definition) is 1. The van der Waals surface area contributed by atoms with E-state index in [9.17, 15) is 13.2 Å². The highest BCUT2D eigenvalue weighted by Crippen LogP contribution is 2.27. The van der Waals surface area contributed by atoms with Crippen LogP contribution in [-0.2, 0) is 17.1 Å². The average molecular weight is 286 g/mol. The molecule has 1 amide bonds. The minimum absolute atomic E-state index is 0.00643. The molecule has 7 nitrogen and oxygen atoms in total. The maximum atomic E-state index is 11.8. The Bertz CT molecular complexity index is 546. The minimum atomic E-state index is -3.58. The summed E-state index contributed by atoms with van der Waals surface area (Å²) >= 11 is 0. The number of rotatable bonds is 5. The van der Waals surface area contributed by atoms with Crippen LogP contribution in [0.5, 0.6) is 0 Å². The average Bonchev–Trinajstić information content (AvgIpc) is 2.96. The molecule has 0 aliphatic heterocycles. The Morgan fingerprint density at radius 2 is 2.16 bits per heavy atom. The van der Waals surface area contributed by atoms with E-state index in [-0.39, 0.29) is 11.4 Å². The van der Waals surface area contributed by atoms with Crippen molar-refractivity contribution in [3.8, 4) is 0 Å². The third-order valence-electron chi connectivity index (χ3n) is 3.35. The van der Waals surface area contributed by atoms with Crippen molar-refractivity contribution in [2.45, 2.75) is 32.1 Å². The lowest BCUT2D eigenvalue weighted by molar-refractivity contribution is 0.0976. The molecule has 1 heterocycles. The van der Waals surface area contributed by atoms with Gasteiger partial charge in [-0.05, 0) is 12.3 Å². The van der Waals surface area contributed by atoms with Crippen LogP contribution in [0.4, 0.5) is 0 Å². The van der Waals surface area contributed by atoms with E-state index in [4.69, 9.17) is 0 Å². The number of amides is 1. The quantitative estimate of drug-likeness (QED) is 0.848. The van der Waals surface area contributed by atoms with E-state index in [1.165, 1.54) is 23.7 Å². The van der Waals surface area contributed by atoms with E-state index in [0.29, 0.717) is 12.3 Å². The highest BCUT2D eigenvalue weighted by Gasteiger charge is 2.22. The lowest BCUT2D eigenvalue weighted by Crippen LogP contribution is -2.33. The highest BCUT2D eigenvalue weighted by atomic mass is 32.2. The number of sulfonamides is 1. The van der Waals surface area contributed by atoms with Crippen LogP contribution in [-0.4, -0.2) is 35.1 Å². The van der Waals surface area contributed by atoms with Crippen LogP contribution >= 0.6 is 0 Å². The molecular weight excluding hydrogens is 268 g/mol. The number of aryl methyl sites for hydroxylation is 1. The van der Waals surface area contributed by atoms with Gasteiger partial charge in [0.05, 0.1) is 11.9 Å². The van der Waals surface area contributed by atoms with Gasteiger partial charge >= 0.3 is 0 Å². The molecule has 1 aliphatic carbocycles. The molecule has 1 N–H and O–H groups in total. The predicted octanol–water partition coefficient (Wildman–Crippen LogP) is 0.455. The van der Waals surface area contributed by atoms with E-state index in [0.717, 1.165) is 12.8 Å². The first kappa shape index (κ1) is 14.0. The van der Waals surface area contributed by atoms with Gasteiger partial charge in [-0.3, -0.25) is 9.48 Å². The fourth-order valence-electron chi connectivity index (χ4n) is 2.32. The first-order valence-electron chi connectivity index (χ1n) is 6.37. The minimum Gasteiger partial charge on any atom is -0.266 e. The molecule has 1 aromatic heterocycles. The zero-order chi connectivity index (χ0) is 13.9. The maximum Gasteiger partial charge on any atom is 0.286 e. The van der Waals surface area contributed by atoms with Gasteiger partial charge in [0.15, 0.2) is 5.69 Å². The molecule has 1 aliphatic rings. The van der Waals surface area contributed by atoms with Crippen LogP contribution in [0.2, 0.25) is 0 Å². The summed E-state index contributed by atoms with van der Waals surface area (Å²) in [6.07, 6.45) is 6.53. The molecular formula is C11H18N4O3S. The molecule has 0 radical (unpaired) electrons. The molecule has 0 aromatic carbocycles. The molecule has 0 bridgehead atoms. The van der Waals surface area contributed by atoms with Gasteiger partial charge in [-0.25, -0.2) is 13.1 Å². The Labute approximate surface area is 112 Å². The zero-order valence-corrected chi connectivity index (χ0v) is 11.7. The topological polar surface area (TPSA) is 94.0 Å². The molecule has 0 saturated heterocycles. The number of carbonyl (C=O) groups excluding carboxylic acids is 1. The zero-order valence-electron chi connectivity index (χ0n) is 10.9. The summed E-state index contributed by atoms with van der Waals surface area (Å²) < 4.78 is 27.0. The Hall–Kier alpha value is -1.44. The summed E-state index contributed by atoms with van der Waals surface area (Å²) in [5, 5.41) is 7.16. The molecule has 1 saturated carbocycles. The summed E-state index contributed by atoms with van der Waals surface area (Å²) in [6.45, 7) is 0. The number of carbonyl (C=O) groups is 1. The molecule has 8 heteroatoms. The number of nitrogens with one attached hydrogen (secondary N) is 1. The van der Waals surface area contributed by atoms with Crippen LogP contribution in [0, 0.1) is 5.92 Å². The van der Waals surface area contributed by atoms with E-state index < -0.39 is 15.9 Å². The Kier molecular flexibility index (Phi) is 4.18. The normalized spacial score (nSPS) is 16.7. The van der Waals surface area contributed by atoms with Crippen molar-refractivity contribution in [3.63, 3.8) is 0 Å². The molecule has 0 spiro atoms. The Balaban J connectivity index is 1.87. The van der Waals surface area contributed by atoms with Crippen LogP contribution < -0.4 is 4.72 Å². The Morgan fingerprint density at radius 3 is 2.74 bits per heavy atom. The first-order chi connectivity index (χ1) is 8.96. The predicted molar refractivity (Wildman–Crippen MR) is 68.8 cm³/mol. The van der Waals surface area contributed by atoms with Gasteiger partial charge in [0.1, 0.15) is 0 Å². The third kappa shape index (κ3) is 4.02. The largest absolute Gasteiger partial charge is 0.286 e. The van der Waals surface area contributed by atoms with Gasteiger partial charge in [-0.1, -0.05) is 30.9 Å². The monoisotopic (exact) mass is 286 g/mol. The van der Waals surface area contributed by atoms with Crippen molar-refractivity contribution in [1.82, 2.24) is 19.7 Å². The van der Waals surface area contributed by atoms with Crippen molar-refractivity contribution in [2.24, 2.45) is 13.0 Å². The van der Waals surface area contributed by atoms with Gasteiger partial charge in [0.25, 0.3) is 5.91 Å². The van der Waals surface area contributed by atoms with Crippen molar-refractivity contribution < 1.29 is 13.2 Å². The van der Waals surface area contributed by atoms with Crippen molar-refractivity contribution in [2.75, 3.05) is 5.75 Å². The summed E-state index contributed by atoms with van der Waals surface area (Å²) in [4.78, 5) is 11.7. The van der Waals surface area contributed by atoms with Gasteiger partial charge in [0.2, 0.25) is 10.0 Å². The fraction of sp³-hybridized carbons (Fsp3) is 0.727. The van der Waals surface area contributed by atoms with Crippen molar-refractivity contribution in [1.29, 1.82) is 0 Å². The first-order valence-corrected chi connectivity index (χ1v) is 8.02. The van der Waals surface area contributed by atoms with E-state index >= 15 is 0 Å². The molecule has 0 atom stereocenters. The van der Waals surface area contributed by atoms with Crippen LogP contribution in [0.1, 0.15) is 42.6 Å². The van der Waals surface area contributed by atoms with Gasteiger partial charge in [-0.15, -0.1) is 5.10 Å². The maximum absolute atomic E-state index is 11.8. The molecule has 19 heavy (non-hydrogen) atoms. The lowest BCUT2D eigenvalue weighted by atomic mass is 10.1. The molecule has 1 fully saturated rings. The lowest BCUT2D eigenvalue weighted by Gasteiger charge is -2.09. The van der Waals surface area contributed by atoms with Crippen molar-refractivity contribution >= 4 is 15.9 Å². The standard InChI is InChI=1S/C11H18N4O3S/c1-15-8-10(12-14-15)11(16)13-19(17,18)7-6-9-4-2-3-5-9/h8-9H,2-7H2,1H3,(H,13,16). The number of aromatic nitrogens is 3. The summed E-state index contributed by atoms with van der Waals surface area (Å²) in [5.41, 5.74) is 0.00643. The summed E-state index contributed by atoms with van der Waals surface area (Å²) in [7, 11) is -1.97. The SMILES string of the molecule is Cn1cc(C(=O)NS(=O)(=O)CCC2CCCC2)nn1. The van der Waals surface area contributed by atoms with Gasteiger partial charge in [-0.2, -0.15) is 0 Å². The molecule has 2 rings (SSSR count). The molecule has 106 valence electrons. The molecule has 0 unspecified atom stereocenters. The van der Waals surface area contributed by atoms with Crippen LogP contribution in [0.3, 0.4) is 0 Å². The summed E-state index contributed by atoms with van der Waals surface area (Å²) in [6, 6.07) is 0. The van der Waals surface area contributed by atoms with E-state index in [2.05, 4.69) is 10.3 Å². The fourth-order valence-corrected chi connectivity index (χ4v) is 3.45.